The molecule has 0 bridgehead atoms. The van der Waals surface area contributed by atoms with Crippen molar-refractivity contribution < 1.29 is 19.7 Å². The summed E-state index contributed by atoms with van der Waals surface area (Å²) in [6.07, 6.45) is -0.535. The molecule has 0 aliphatic heterocycles. The molecule has 1 aromatic rings. The van der Waals surface area contributed by atoms with Crippen LogP contribution in [0.3, 0.4) is 0 Å². The van der Waals surface area contributed by atoms with Gasteiger partial charge in [-0.15, -0.1) is 0 Å². The number of hydrogen-bond acceptors (Lipinski definition) is 5. The first-order chi connectivity index (χ1) is 9.11. The van der Waals surface area contributed by atoms with Crippen LogP contribution >= 0.6 is 0 Å². The number of ether oxygens (including phenoxy) is 2. The number of aliphatic hydroxyl groups is 2. The van der Waals surface area contributed by atoms with Gasteiger partial charge in [-0.25, -0.2) is 0 Å². The molecule has 108 valence electrons. The van der Waals surface area contributed by atoms with Gasteiger partial charge in [0.2, 0.25) is 0 Å². The molecule has 19 heavy (non-hydrogen) atoms. The van der Waals surface area contributed by atoms with Crippen molar-refractivity contribution in [1.82, 2.24) is 5.32 Å². The minimum atomic E-state index is -0.535. The zero-order chi connectivity index (χ0) is 14.1. The minimum Gasteiger partial charge on any atom is -0.491 e. The quantitative estimate of drug-likeness (QED) is 0.618. The van der Waals surface area contributed by atoms with Crippen molar-refractivity contribution in [2.24, 2.45) is 0 Å². The zero-order valence-electron chi connectivity index (χ0n) is 11.5. The van der Waals surface area contributed by atoms with Crippen molar-refractivity contribution in [2.45, 2.75) is 26.0 Å². The normalized spacial score (nSPS) is 12.5. The Morgan fingerprint density at radius 1 is 1.11 bits per heavy atom. The SMILES string of the molecule is CC(C)NCC(O)COc1ccc(OCCO)cc1. The van der Waals surface area contributed by atoms with Crippen molar-refractivity contribution in [3.05, 3.63) is 24.3 Å². The van der Waals surface area contributed by atoms with Crippen LogP contribution in [0.4, 0.5) is 0 Å². The smallest absolute Gasteiger partial charge is 0.119 e. The van der Waals surface area contributed by atoms with E-state index in [0.717, 1.165) is 0 Å². The highest BCUT2D eigenvalue weighted by Gasteiger charge is 2.06. The molecule has 5 heteroatoms. The Morgan fingerprint density at radius 3 is 2.21 bits per heavy atom. The summed E-state index contributed by atoms with van der Waals surface area (Å²) in [5.74, 6) is 1.36. The molecule has 0 saturated carbocycles. The molecular weight excluding hydrogens is 246 g/mol. The number of benzene rings is 1. The molecule has 0 spiro atoms. The summed E-state index contributed by atoms with van der Waals surface area (Å²) in [7, 11) is 0. The van der Waals surface area contributed by atoms with Crippen molar-refractivity contribution in [3.8, 4) is 11.5 Å². The zero-order valence-corrected chi connectivity index (χ0v) is 11.5. The topological polar surface area (TPSA) is 71.0 Å². The van der Waals surface area contributed by atoms with E-state index in [0.29, 0.717) is 24.1 Å². The van der Waals surface area contributed by atoms with Gasteiger partial charge in [-0.05, 0) is 24.3 Å². The molecule has 1 unspecified atom stereocenters. The van der Waals surface area contributed by atoms with Crippen LogP contribution in [-0.2, 0) is 0 Å². The van der Waals surface area contributed by atoms with Gasteiger partial charge >= 0.3 is 0 Å². The third-order valence-corrected chi connectivity index (χ3v) is 2.39. The highest BCUT2D eigenvalue weighted by Crippen LogP contribution is 2.17. The molecule has 0 aliphatic carbocycles. The minimum absolute atomic E-state index is 0.00665. The van der Waals surface area contributed by atoms with E-state index in [1.54, 1.807) is 24.3 Å². The monoisotopic (exact) mass is 269 g/mol. The Balaban J connectivity index is 2.29. The molecule has 0 radical (unpaired) electrons. The van der Waals surface area contributed by atoms with Crippen LogP contribution in [0.5, 0.6) is 11.5 Å². The van der Waals surface area contributed by atoms with Crippen LogP contribution in [0.25, 0.3) is 0 Å². The Morgan fingerprint density at radius 2 is 1.68 bits per heavy atom. The van der Waals surface area contributed by atoms with Crippen molar-refractivity contribution >= 4 is 0 Å². The molecule has 0 fully saturated rings. The molecule has 1 rings (SSSR count). The largest absolute Gasteiger partial charge is 0.491 e. The second-order valence-electron chi connectivity index (χ2n) is 4.57. The number of nitrogens with one attached hydrogen (secondary N) is 1. The molecule has 0 heterocycles. The van der Waals surface area contributed by atoms with Crippen LogP contribution in [0.2, 0.25) is 0 Å². The van der Waals surface area contributed by atoms with E-state index in [-0.39, 0.29) is 19.8 Å². The lowest BCUT2D eigenvalue weighted by atomic mass is 10.3. The predicted octanol–water partition coefficient (Wildman–Crippen LogP) is 0.795. The second kappa shape index (κ2) is 8.74. The first-order valence-corrected chi connectivity index (χ1v) is 6.49. The van der Waals surface area contributed by atoms with Crippen LogP contribution < -0.4 is 14.8 Å². The highest BCUT2D eigenvalue weighted by atomic mass is 16.5. The van der Waals surface area contributed by atoms with Crippen molar-refractivity contribution in [3.63, 3.8) is 0 Å². The van der Waals surface area contributed by atoms with Gasteiger partial charge in [0.25, 0.3) is 0 Å². The molecule has 5 nitrogen and oxygen atoms in total. The summed E-state index contributed by atoms with van der Waals surface area (Å²) in [6, 6.07) is 7.43. The van der Waals surface area contributed by atoms with E-state index in [1.165, 1.54) is 0 Å². The van der Waals surface area contributed by atoms with E-state index in [1.807, 2.05) is 13.8 Å². The maximum absolute atomic E-state index is 9.69. The third-order valence-electron chi connectivity index (χ3n) is 2.39. The lowest BCUT2D eigenvalue weighted by Crippen LogP contribution is -2.35. The van der Waals surface area contributed by atoms with Gasteiger partial charge in [-0.1, -0.05) is 13.8 Å². The van der Waals surface area contributed by atoms with Crippen molar-refractivity contribution in [2.75, 3.05) is 26.4 Å². The average molecular weight is 269 g/mol. The lowest BCUT2D eigenvalue weighted by Gasteiger charge is -2.15. The summed E-state index contributed by atoms with van der Waals surface area (Å²) < 4.78 is 10.7. The number of aliphatic hydroxyl groups excluding tert-OH is 2. The van der Waals surface area contributed by atoms with E-state index in [4.69, 9.17) is 14.6 Å². The molecule has 0 saturated heterocycles. The van der Waals surface area contributed by atoms with Crippen LogP contribution in [0.1, 0.15) is 13.8 Å². The van der Waals surface area contributed by atoms with E-state index in [2.05, 4.69) is 5.32 Å². The molecule has 0 amide bonds. The molecule has 3 N–H and O–H groups in total. The van der Waals surface area contributed by atoms with E-state index >= 15 is 0 Å². The molecular formula is C14H23NO4. The lowest BCUT2D eigenvalue weighted by molar-refractivity contribution is 0.104. The molecule has 0 aliphatic rings. The van der Waals surface area contributed by atoms with Gasteiger partial charge in [-0.3, -0.25) is 0 Å². The van der Waals surface area contributed by atoms with Crippen LogP contribution in [0.15, 0.2) is 24.3 Å². The fraction of sp³-hybridized carbons (Fsp3) is 0.571. The van der Waals surface area contributed by atoms with E-state index in [9.17, 15) is 5.11 Å². The maximum atomic E-state index is 9.69. The van der Waals surface area contributed by atoms with Gasteiger partial charge in [-0.2, -0.15) is 0 Å². The van der Waals surface area contributed by atoms with Crippen LogP contribution in [-0.4, -0.2) is 48.7 Å². The fourth-order valence-corrected chi connectivity index (χ4v) is 1.42. The summed E-state index contributed by atoms with van der Waals surface area (Å²) >= 11 is 0. The van der Waals surface area contributed by atoms with Gasteiger partial charge in [0.15, 0.2) is 0 Å². The van der Waals surface area contributed by atoms with Crippen molar-refractivity contribution in [1.29, 1.82) is 0 Å². The van der Waals surface area contributed by atoms with Gasteiger partial charge in [0.1, 0.15) is 30.8 Å². The average Bonchev–Trinajstić information content (AvgIpc) is 2.41. The summed E-state index contributed by atoms with van der Waals surface area (Å²) in [6.45, 7) is 5.08. The first-order valence-electron chi connectivity index (χ1n) is 6.49. The third kappa shape index (κ3) is 7.00. The van der Waals surface area contributed by atoms with Gasteiger partial charge in [0, 0.05) is 12.6 Å². The summed E-state index contributed by atoms with van der Waals surface area (Å²) in [5, 5.41) is 21.5. The van der Waals surface area contributed by atoms with E-state index < -0.39 is 6.10 Å². The second-order valence-corrected chi connectivity index (χ2v) is 4.57. The standard InChI is InChI=1S/C14H23NO4/c1-11(2)15-9-12(17)10-19-14-5-3-13(4-6-14)18-8-7-16/h3-6,11-12,15-17H,7-10H2,1-2H3. The Labute approximate surface area is 114 Å². The Kier molecular flexibility index (Phi) is 7.25. The Bertz CT molecular complexity index is 340. The maximum Gasteiger partial charge on any atom is 0.119 e. The summed E-state index contributed by atoms with van der Waals surface area (Å²) in [4.78, 5) is 0. The fourth-order valence-electron chi connectivity index (χ4n) is 1.42. The highest BCUT2D eigenvalue weighted by molar-refractivity contribution is 5.31. The van der Waals surface area contributed by atoms with Crippen LogP contribution in [0, 0.1) is 0 Å². The van der Waals surface area contributed by atoms with Gasteiger partial charge < -0.3 is 25.0 Å². The molecule has 1 atom stereocenters. The summed E-state index contributed by atoms with van der Waals surface area (Å²) in [5.41, 5.74) is 0. The molecule has 1 aromatic carbocycles. The van der Waals surface area contributed by atoms with Gasteiger partial charge in [0.05, 0.1) is 6.61 Å². The number of rotatable bonds is 9. The predicted molar refractivity (Wildman–Crippen MR) is 73.7 cm³/mol. The number of hydrogen-bond donors (Lipinski definition) is 3. The Hall–Kier alpha value is -1.30. The molecule has 0 aromatic heterocycles. The first kappa shape index (κ1) is 15.8.